The van der Waals surface area contributed by atoms with Crippen molar-refractivity contribution in [2.45, 2.75) is 39.4 Å². The smallest absolute Gasteiger partial charge is 0.333 e. The quantitative estimate of drug-likeness (QED) is 0.552. The third-order valence-corrected chi connectivity index (χ3v) is 4.91. The van der Waals surface area contributed by atoms with Gasteiger partial charge in [0.05, 0.1) is 23.6 Å². The summed E-state index contributed by atoms with van der Waals surface area (Å²) in [4.78, 5) is 17.9. The van der Waals surface area contributed by atoms with E-state index in [1.807, 2.05) is 13.0 Å². The normalized spacial score (nSPS) is 16.5. The van der Waals surface area contributed by atoms with E-state index >= 15 is 0 Å². The summed E-state index contributed by atoms with van der Waals surface area (Å²) in [6.07, 6.45) is 5.90. The molecule has 0 saturated heterocycles. The first-order chi connectivity index (χ1) is 12.6. The van der Waals surface area contributed by atoms with E-state index in [0.29, 0.717) is 24.8 Å². The molecule has 2 aromatic rings. The Morgan fingerprint density at radius 3 is 2.85 bits per heavy atom. The van der Waals surface area contributed by atoms with Gasteiger partial charge >= 0.3 is 5.97 Å². The molecule has 1 aliphatic heterocycles. The number of aryl methyl sites for hydroxylation is 1. The van der Waals surface area contributed by atoms with Gasteiger partial charge in [-0.1, -0.05) is 17.7 Å². The average Bonchev–Trinajstić information content (AvgIpc) is 3.21. The fourth-order valence-electron chi connectivity index (χ4n) is 3.15. The minimum Gasteiger partial charge on any atom is -0.456 e. The van der Waals surface area contributed by atoms with E-state index in [9.17, 15) is 4.79 Å². The molecule has 0 atom stereocenters. The fourth-order valence-corrected chi connectivity index (χ4v) is 3.26. The summed E-state index contributed by atoms with van der Waals surface area (Å²) in [5, 5.41) is 5.12. The van der Waals surface area contributed by atoms with Crippen molar-refractivity contribution in [2.75, 3.05) is 6.61 Å². The van der Waals surface area contributed by atoms with Gasteiger partial charge in [0.1, 0.15) is 11.8 Å². The van der Waals surface area contributed by atoms with E-state index in [2.05, 4.69) is 25.7 Å². The van der Waals surface area contributed by atoms with Crippen molar-refractivity contribution >= 4 is 17.6 Å². The highest BCUT2D eigenvalue weighted by molar-refractivity contribution is 6.29. The van der Waals surface area contributed by atoms with Crippen LogP contribution in [0.4, 0.5) is 0 Å². The first-order valence-corrected chi connectivity index (χ1v) is 9.20. The monoisotopic (exact) mass is 372 g/mol. The van der Waals surface area contributed by atoms with Crippen LogP contribution in [0.5, 0.6) is 0 Å². The number of pyridine rings is 1. The molecule has 2 aromatic heterocycles. The second-order valence-electron chi connectivity index (χ2n) is 6.99. The van der Waals surface area contributed by atoms with Crippen LogP contribution in [0.3, 0.4) is 0 Å². The molecular weight excluding hydrogens is 352 g/mol. The number of carbonyl (C=O) groups is 1. The van der Waals surface area contributed by atoms with Crippen LogP contribution in [0, 0.1) is 12.8 Å². The summed E-state index contributed by atoms with van der Waals surface area (Å²) >= 11 is 5.89. The maximum absolute atomic E-state index is 11.6. The molecule has 6 nitrogen and oxygen atoms in total. The highest BCUT2D eigenvalue weighted by atomic mass is 35.5. The number of halogens is 1. The van der Waals surface area contributed by atoms with Gasteiger partial charge < -0.3 is 9.64 Å². The minimum atomic E-state index is -0.290. The Kier molecular flexibility index (Phi) is 4.68. The molecule has 1 fully saturated rings. The second-order valence-corrected chi connectivity index (χ2v) is 7.38. The molecule has 0 unspecified atom stereocenters. The van der Waals surface area contributed by atoms with Crippen LogP contribution >= 0.6 is 11.6 Å². The van der Waals surface area contributed by atoms with Gasteiger partial charge in [-0.05, 0) is 43.4 Å². The van der Waals surface area contributed by atoms with E-state index in [1.165, 1.54) is 12.8 Å². The number of esters is 1. The summed E-state index contributed by atoms with van der Waals surface area (Å²) in [6, 6.07) is 5.85. The van der Waals surface area contributed by atoms with Crippen molar-refractivity contribution in [3.05, 3.63) is 58.3 Å². The Hall–Kier alpha value is -2.34. The number of carbonyl (C=O) groups excluding carboxylic acids is 1. The van der Waals surface area contributed by atoms with Crippen LogP contribution < -0.4 is 0 Å². The molecule has 0 N–H and O–H groups in total. The van der Waals surface area contributed by atoms with Crippen LogP contribution in [0.1, 0.15) is 29.8 Å². The Morgan fingerprint density at radius 2 is 2.19 bits per heavy atom. The molecule has 136 valence electrons. The van der Waals surface area contributed by atoms with Crippen LogP contribution in [-0.4, -0.2) is 32.2 Å². The second kappa shape index (κ2) is 7.11. The van der Waals surface area contributed by atoms with Crippen molar-refractivity contribution < 1.29 is 9.53 Å². The van der Waals surface area contributed by atoms with E-state index in [0.717, 1.165) is 35.1 Å². The topological polar surface area (TPSA) is 60.3 Å². The van der Waals surface area contributed by atoms with Crippen molar-refractivity contribution in [3.8, 4) is 0 Å². The number of nitrogens with zero attached hydrogens (tertiary/aromatic N) is 4. The van der Waals surface area contributed by atoms with Gasteiger partial charge in [-0.2, -0.15) is 5.10 Å². The van der Waals surface area contributed by atoms with E-state index in [1.54, 1.807) is 18.3 Å². The molecule has 0 aromatic carbocycles. The van der Waals surface area contributed by atoms with Gasteiger partial charge in [0.15, 0.2) is 0 Å². The molecule has 0 bridgehead atoms. The fraction of sp³-hybridized carbons (Fsp3) is 0.421. The molecule has 1 saturated carbocycles. The van der Waals surface area contributed by atoms with E-state index < -0.39 is 0 Å². The molecule has 26 heavy (non-hydrogen) atoms. The predicted molar refractivity (Wildman–Crippen MR) is 97.2 cm³/mol. The number of hydrogen-bond donors (Lipinski definition) is 0. The van der Waals surface area contributed by atoms with Gasteiger partial charge in [0.2, 0.25) is 0 Å². The Labute approximate surface area is 157 Å². The number of cyclic esters (lactones) is 1. The lowest BCUT2D eigenvalue weighted by Gasteiger charge is -2.25. The van der Waals surface area contributed by atoms with E-state index in [4.69, 9.17) is 16.3 Å². The number of ether oxygens (including phenoxy) is 1. The summed E-state index contributed by atoms with van der Waals surface area (Å²) in [6.45, 7) is 4.57. The molecule has 0 radical (unpaired) electrons. The summed E-state index contributed by atoms with van der Waals surface area (Å²) in [7, 11) is 0. The summed E-state index contributed by atoms with van der Waals surface area (Å²) < 4.78 is 7.23. The van der Waals surface area contributed by atoms with Crippen molar-refractivity contribution in [2.24, 2.45) is 5.92 Å². The number of aromatic nitrogens is 3. The van der Waals surface area contributed by atoms with Crippen LogP contribution in [0.15, 0.2) is 36.2 Å². The highest BCUT2D eigenvalue weighted by Gasteiger charge is 2.25. The molecule has 7 heteroatoms. The zero-order valence-corrected chi connectivity index (χ0v) is 15.4. The van der Waals surface area contributed by atoms with Crippen molar-refractivity contribution in [1.82, 2.24) is 19.7 Å². The lowest BCUT2D eigenvalue weighted by atomic mass is 10.2. The predicted octanol–water partition coefficient (Wildman–Crippen LogP) is 3.09. The van der Waals surface area contributed by atoms with Crippen molar-refractivity contribution in [1.29, 1.82) is 0 Å². The number of hydrogen-bond acceptors (Lipinski definition) is 5. The van der Waals surface area contributed by atoms with Gasteiger partial charge in [-0.3, -0.25) is 4.68 Å². The number of rotatable bonds is 7. The molecule has 2 aliphatic rings. The maximum atomic E-state index is 11.6. The third-order valence-electron chi connectivity index (χ3n) is 4.68. The first kappa shape index (κ1) is 17.1. The van der Waals surface area contributed by atoms with Crippen LogP contribution in [0.25, 0.3) is 0 Å². The highest BCUT2D eigenvalue weighted by Crippen LogP contribution is 2.31. The van der Waals surface area contributed by atoms with Gasteiger partial charge in [-0.25, -0.2) is 9.78 Å². The average molecular weight is 373 g/mol. The molecule has 1 aliphatic carbocycles. The van der Waals surface area contributed by atoms with Crippen LogP contribution in [-0.2, 0) is 29.2 Å². The van der Waals surface area contributed by atoms with Crippen molar-refractivity contribution in [3.63, 3.8) is 0 Å². The summed E-state index contributed by atoms with van der Waals surface area (Å²) in [5.74, 6) is 0.458. The molecular formula is C19H21ClN4O2. The largest absolute Gasteiger partial charge is 0.456 e. The van der Waals surface area contributed by atoms with Crippen LogP contribution in [0.2, 0.25) is 5.15 Å². The van der Waals surface area contributed by atoms with Gasteiger partial charge in [0.25, 0.3) is 0 Å². The zero-order valence-electron chi connectivity index (χ0n) is 14.7. The molecule has 4 rings (SSSR count). The standard InChI is InChI=1S/C19H21ClN4O2/c1-13-6-16(24(22-13)10-14-2-3-14)11-23(17-7-19(25)26-12-17)9-15-4-5-18(20)21-8-15/h4-8,14H,2-3,9-12H2,1H3. The lowest BCUT2D eigenvalue weighted by molar-refractivity contribution is -0.135. The minimum absolute atomic E-state index is 0.290. The zero-order chi connectivity index (χ0) is 18.1. The molecule has 0 spiro atoms. The van der Waals surface area contributed by atoms with Gasteiger partial charge in [0, 0.05) is 25.4 Å². The Balaban J connectivity index is 1.57. The Bertz CT molecular complexity index is 840. The van der Waals surface area contributed by atoms with Gasteiger partial charge in [-0.15, -0.1) is 0 Å². The third kappa shape index (κ3) is 4.07. The maximum Gasteiger partial charge on any atom is 0.333 e. The molecule has 0 amide bonds. The lowest BCUT2D eigenvalue weighted by Crippen LogP contribution is -2.25. The first-order valence-electron chi connectivity index (χ1n) is 8.83. The Morgan fingerprint density at radius 1 is 1.35 bits per heavy atom. The van der Waals surface area contributed by atoms with E-state index in [-0.39, 0.29) is 5.97 Å². The summed E-state index contributed by atoms with van der Waals surface area (Å²) in [5.41, 5.74) is 4.07. The molecule has 3 heterocycles. The SMILES string of the molecule is Cc1cc(CN(Cc2ccc(Cl)nc2)C2=CC(=O)OC2)n(CC2CC2)n1.